The number of fused-ring (bicyclic) bond motifs is 2. The molecule has 30 heavy (non-hydrogen) atoms. The lowest BCUT2D eigenvalue weighted by Gasteiger charge is -2.25. The summed E-state index contributed by atoms with van der Waals surface area (Å²) in [6.07, 6.45) is 0. The number of carbonyl (C=O) groups is 1. The third-order valence-electron chi connectivity index (χ3n) is 5.12. The van der Waals surface area contributed by atoms with Crippen LogP contribution in [-0.4, -0.2) is 5.91 Å². The van der Waals surface area contributed by atoms with E-state index in [1.165, 1.54) is 35.2 Å². The van der Waals surface area contributed by atoms with E-state index in [0.717, 1.165) is 10.0 Å². The van der Waals surface area contributed by atoms with Crippen LogP contribution in [0.3, 0.4) is 0 Å². The normalized spacial score (nSPS) is 15.6. The minimum absolute atomic E-state index is 0.0212. The van der Waals surface area contributed by atoms with Crippen molar-refractivity contribution in [3.8, 4) is 0 Å². The van der Waals surface area contributed by atoms with Crippen LogP contribution in [0.5, 0.6) is 0 Å². The molecule has 4 aromatic rings. The summed E-state index contributed by atoms with van der Waals surface area (Å²) < 4.78 is 20.2. The molecule has 1 atom stereocenters. The largest absolute Gasteiger partial charge is 0.450 e. The Morgan fingerprint density at radius 1 is 0.967 bits per heavy atom. The first-order valence-corrected chi connectivity index (χ1v) is 10.2. The van der Waals surface area contributed by atoms with E-state index in [1.807, 2.05) is 24.3 Å². The first-order chi connectivity index (χ1) is 14.4. The predicted octanol–water partition coefficient (Wildman–Crippen LogP) is 6.10. The van der Waals surface area contributed by atoms with Gasteiger partial charge in [-0.15, -0.1) is 0 Å². The molecule has 0 bridgehead atoms. The molecule has 148 valence electrons. The molecule has 1 aliphatic rings. The molecule has 3 aromatic carbocycles. The maximum Gasteiger partial charge on any atom is 0.295 e. The fourth-order valence-corrected chi connectivity index (χ4v) is 4.21. The third kappa shape index (κ3) is 2.95. The van der Waals surface area contributed by atoms with E-state index < -0.39 is 17.8 Å². The molecule has 0 aliphatic carbocycles. The quantitative estimate of drug-likeness (QED) is 0.345. The molecule has 0 saturated carbocycles. The standard InChI is InChI=1S/C23H12BrClFNO3/c24-13-3-1-12(2-4-13)20-19-21(28)17-11-14(25)5-10-18(17)30-22(19)23(29)27(20)16-8-6-15(26)7-9-16/h1-11,20H. The minimum Gasteiger partial charge on any atom is -0.450 e. The van der Waals surface area contributed by atoms with Gasteiger partial charge in [-0.2, -0.15) is 0 Å². The molecule has 0 saturated heterocycles. The molecule has 4 nitrogen and oxygen atoms in total. The molecule has 0 spiro atoms. The van der Waals surface area contributed by atoms with Crippen molar-refractivity contribution in [1.82, 2.24) is 0 Å². The van der Waals surface area contributed by atoms with Crippen LogP contribution in [0, 0.1) is 5.82 Å². The zero-order valence-corrected chi connectivity index (χ0v) is 17.6. The highest BCUT2D eigenvalue weighted by atomic mass is 79.9. The highest BCUT2D eigenvalue weighted by Crippen LogP contribution is 2.41. The minimum atomic E-state index is -0.717. The topological polar surface area (TPSA) is 50.5 Å². The highest BCUT2D eigenvalue weighted by Gasteiger charge is 2.43. The number of amides is 1. The van der Waals surface area contributed by atoms with E-state index in [9.17, 15) is 14.0 Å². The van der Waals surface area contributed by atoms with E-state index in [1.54, 1.807) is 12.1 Å². The zero-order valence-electron chi connectivity index (χ0n) is 15.2. The Labute approximate surface area is 183 Å². The molecule has 0 fully saturated rings. The molecular weight excluding hydrogens is 473 g/mol. The van der Waals surface area contributed by atoms with Gasteiger partial charge in [-0.1, -0.05) is 39.7 Å². The monoisotopic (exact) mass is 483 g/mol. The lowest BCUT2D eigenvalue weighted by atomic mass is 9.98. The Morgan fingerprint density at radius 3 is 2.37 bits per heavy atom. The van der Waals surface area contributed by atoms with E-state index in [4.69, 9.17) is 16.0 Å². The number of hydrogen-bond donors (Lipinski definition) is 0. The zero-order chi connectivity index (χ0) is 21.0. The summed E-state index contributed by atoms with van der Waals surface area (Å²) in [5.74, 6) is -0.900. The molecule has 1 aliphatic heterocycles. The van der Waals surface area contributed by atoms with Crippen LogP contribution in [0.25, 0.3) is 11.0 Å². The second kappa shape index (κ2) is 7.07. The lowest BCUT2D eigenvalue weighted by molar-refractivity contribution is 0.0971. The molecular formula is C23H12BrClFNO3. The van der Waals surface area contributed by atoms with E-state index in [-0.39, 0.29) is 22.3 Å². The van der Waals surface area contributed by atoms with Gasteiger partial charge < -0.3 is 4.42 Å². The molecule has 7 heteroatoms. The Bertz CT molecular complexity index is 1370. The average molecular weight is 485 g/mol. The van der Waals surface area contributed by atoms with Crippen molar-refractivity contribution in [2.75, 3.05) is 4.90 Å². The van der Waals surface area contributed by atoms with Gasteiger partial charge in [0.05, 0.1) is 17.0 Å². The Balaban J connectivity index is 1.81. The SMILES string of the molecule is O=C1c2oc3ccc(Cl)cc3c(=O)c2C(c2ccc(Br)cc2)N1c1ccc(F)cc1. The first kappa shape index (κ1) is 19.0. The van der Waals surface area contributed by atoms with Gasteiger partial charge in [-0.05, 0) is 60.2 Å². The Morgan fingerprint density at radius 2 is 1.67 bits per heavy atom. The predicted molar refractivity (Wildman–Crippen MR) is 117 cm³/mol. The summed E-state index contributed by atoms with van der Waals surface area (Å²) in [5.41, 5.74) is 1.39. The molecule has 1 amide bonds. The van der Waals surface area contributed by atoms with Crippen molar-refractivity contribution < 1.29 is 13.6 Å². The van der Waals surface area contributed by atoms with Crippen LogP contribution < -0.4 is 10.3 Å². The maximum absolute atomic E-state index is 13.5. The van der Waals surface area contributed by atoms with Crippen LogP contribution in [0.4, 0.5) is 10.1 Å². The second-order valence-electron chi connectivity index (χ2n) is 6.92. The number of halogens is 3. The number of nitrogens with zero attached hydrogens (tertiary/aromatic N) is 1. The number of rotatable bonds is 2. The summed E-state index contributed by atoms with van der Waals surface area (Å²) in [6.45, 7) is 0. The number of hydrogen-bond acceptors (Lipinski definition) is 3. The van der Waals surface area contributed by atoms with Crippen molar-refractivity contribution >= 4 is 50.1 Å². The highest BCUT2D eigenvalue weighted by molar-refractivity contribution is 9.10. The fraction of sp³-hybridized carbons (Fsp3) is 0.0435. The van der Waals surface area contributed by atoms with Crippen LogP contribution in [-0.2, 0) is 0 Å². The van der Waals surface area contributed by atoms with Crippen molar-refractivity contribution in [2.45, 2.75) is 6.04 Å². The van der Waals surface area contributed by atoms with Gasteiger partial charge in [0.1, 0.15) is 11.4 Å². The summed E-state index contributed by atoms with van der Waals surface area (Å²) in [4.78, 5) is 28.2. The van der Waals surface area contributed by atoms with Gasteiger partial charge in [0.25, 0.3) is 5.91 Å². The molecule has 0 N–H and O–H groups in total. The van der Waals surface area contributed by atoms with E-state index >= 15 is 0 Å². The van der Waals surface area contributed by atoms with Gasteiger partial charge >= 0.3 is 0 Å². The molecule has 1 aromatic heterocycles. The summed E-state index contributed by atoms with van der Waals surface area (Å²) in [5, 5.41) is 0.701. The maximum atomic E-state index is 13.5. The molecule has 0 radical (unpaired) electrons. The summed E-state index contributed by atoms with van der Waals surface area (Å²) in [6, 6.07) is 16.9. The van der Waals surface area contributed by atoms with Gasteiger partial charge in [0.2, 0.25) is 5.76 Å². The van der Waals surface area contributed by atoms with Crippen LogP contribution >= 0.6 is 27.5 Å². The van der Waals surface area contributed by atoms with E-state index in [2.05, 4.69) is 15.9 Å². The fourth-order valence-electron chi connectivity index (χ4n) is 3.77. The number of carbonyl (C=O) groups excluding carboxylic acids is 1. The van der Waals surface area contributed by atoms with Gasteiger partial charge in [0, 0.05) is 15.2 Å². The first-order valence-electron chi connectivity index (χ1n) is 9.05. The lowest BCUT2D eigenvalue weighted by Crippen LogP contribution is -2.29. The average Bonchev–Trinajstić information content (AvgIpc) is 3.03. The van der Waals surface area contributed by atoms with Gasteiger partial charge in [-0.25, -0.2) is 4.39 Å². The Kier molecular flexibility index (Phi) is 4.49. The van der Waals surface area contributed by atoms with Crippen LogP contribution in [0.2, 0.25) is 5.02 Å². The van der Waals surface area contributed by atoms with Gasteiger partial charge in [-0.3, -0.25) is 14.5 Å². The van der Waals surface area contributed by atoms with Crippen molar-refractivity contribution in [1.29, 1.82) is 0 Å². The third-order valence-corrected chi connectivity index (χ3v) is 5.89. The Hall–Kier alpha value is -2.96. The van der Waals surface area contributed by atoms with Crippen LogP contribution in [0.15, 0.2) is 80.4 Å². The van der Waals surface area contributed by atoms with Gasteiger partial charge in [0.15, 0.2) is 5.43 Å². The molecule has 2 heterocycles. The molecule has 1 unspecified atom stereocenters. The molecule has 5 rings (SSSR count). The second-order valence-corrected chi connectivity index (χ2v) is 8.27. The van der Waals surface area contributed by atoms with Crippen molar-refractivity contribution in [3.05, 3.63) is 109 Å². The number of benzene rings is 3. The summed E-state index contributed by atoms with van der Waals surface area (Å²) in [7, 11) is 0. The van der Waals surface area contributed by atoms with Crippen molar-refractivity contribution in [2.24, 2.45) is 0 Å². The number of anilines is 1. The van der Waals surface area contributed by atoms with Crippen molar-refractivity contribution in [3.63, 3.8) is 0 Å². The smallest absolute Gasteiger partial charge is 0.295 e. The summed E-state index contributed by atoms with van der Waals surface area (Å²) >= 11 is 9.49. The van der Waals surface area contributed by atoms with Crippen LogP contribution in [0.1, 0.15) is 27.7 Å². The van der Waals surface area contributed by atoms with E-state index in [0.29, 0.717) is 16.1 Å².